The van der Waals surface area contributed by atoms with Crippen molar-refractivity contribution in [3.05, 3.63) is 35.0 Å². The first-order valence-electron chi connectivity index (χ1n) is 7.20. The number of morpholine rings is 1. The molecule has 1 aromatic heterocycles. The molecular formula is C16H19ClN2O. The van der Waals surface area contributed by atoms with E-state index < -0.39 is 0 Å². The van der Waals surface area contributed by atoms with Crippen LogP contribution in [0.25, 0.3) is 10.9 Å². The molecule has 3 rings (SSSR count). The van der Waals surface area contributed by atoms with E-state index in [-0.39, 0.29) is 0 Å². The third kappa shape index (κ3) is 2.60. The van der Waals surface area contributed by atoms with E-state index in [4.69, 9.17) is 16.3 Å². The summed E-state index contributed by atoms with van der Waals surface area (Å²) >= 11 is 6.34. The first kappa shape index (κ1) is 13.7. The van der Waals surface area contributed by atoms with Crippen LogP contribution in [0.2, 0.25) is 5.15 Å². The van der Waals surface area contributed by atoms with Gasteiger partial charge >= 0.3 is 0 Å². The van der Waals surface area contributed by atoms with E-state index in [1.807, 2.05) is 0 Å². The summed E-state index contributed by atoms with van der Waals surface area (Å²) in [6.07, 6.45) is 2.06. The molecule has 20 heavy (non-hydrogen) atoms. The van der Waals surface area contributed by atoms with Gasteiger partial charge in [-0.25, -0.2) is 4.98 Å². The number of hydrogen-bond donors (Lipinski definition) is 0. The number of benzene rings is 1. The van der Waals surface area contributed by atoms with Crippen LogP contribution in [0.4, 0.5) is 5.69 Å². The monoisotopic (exact) mass is 290 g/mol. The number of pyridine rings is 1. The average Bonchev–Trinajstić information content (AvgIpc) is 2.49. The van der Waals surface area contributed by atoms with E-state index in [2.05, 4.69) is 41.1 Å². The highest BCUT2D eigenvalue weighted by atomic mass is 35.5. The highest BCUT2D eigenvalue weighted by Gasteiger charge is 2.15. The van der Waals surface area contributed by atoms with E-state index in [1.54, 1.807) is 0 Å². The van der Waals surface area contributed by atoms with E-state index in [0.29, 0.717) is 5.15 Å². The molecule has 1 saturated heterocycles. The molecule has 0 atom stereocenters. The normalized spacial score (nSPS) is 15.8. The maximum Gasteiger partial charge on any atom is 0.133 e. The van der Waals surface area contributed by atoms with Crippen molar-refractivity contribution in [2.45, 2.75) is 19.8 Å². The molecule has 106 valence electrons. The molecule has 1 fully saturated rings. The maximum atomic E-state index is 6.34. The highest BCUT2D eigenvalue weighted by molar-refractivity contribution is 6.30. The number of anilines is 1. The van der Waals surface area contributed by atoms with Gasteiger partial charge in [0.15, 0.2) is 0 Å². The first-order valence-corrected chi connectivity index (χ1v) is 7.58. The lowest BCUT2D eigenvalue weighted by molar-refractivity contribution is 0.123. The minimum absolute atomic E-state index is 0.639. The van der Waals surface area contributed by atoms with Crippen molar-refractivity contribution >= 4 is 28.2 Å². The summed E-state index contributed by atoms with van der Waals surface area (Å²) in [7, 11) is 0. The van der Waals surface area contributed by atoms with Crippen LogP contribution < -0.4 is 4.90 Å². The Morgan fingerprint density at radius 2 is 2.10 bits per heavy atom. The number of fused-ring (bicyclic) bond motifs is 1. The fraction of sp³-hybridized carbons (Fsp3) is 0.438. The van der Waals surface area contributed by atoms with E-state index >= 15 is 0 Å². The first-order chi connectivity index (χ1) is 9.79. The Balaban J connectivity index is 2.06. The van der Waals surface area contributed by atoms with E-state index in [1.165, 1.54) is 5.39 Å². The van der Waals surface area contributed by atoms with Gasteiger partial charge in [-0.05, 0) is 24.1 Å². The van der Waals surface area contributed by atoms with Crippen LogP contribution in [0, 0.1) is 0 Å². The van der Waals surface area contributed by atoms with Crippen molar-refractivity contribution < 1.29 is 4.74 Å². The summed E-state index contributed by atoms with van der Waals surface area (Å²) in [5.41, 5.74) is 3.30. The van der Waals surface area contributed by atoms with Crippen molar-refractivity contribution in [3.63, 3.8) is 0 Å². The second-order valence-corrected chi connectivity index (χ2v) is 5.49. The Morgan fingerprint density at radius 3 is 2.85 bits per heavy atom. The molecular weight excluding hydrogens is 272 g/mol. The van der Waals surface area contributed by atoms with Crippen LogP contribution >= 0.6 is 11.6 Å². The lowest BCUT2D eigenvalue weighted by Crippen LogP contribution is -2.36. The SMILES string of the molecule is CCCc1cc2cccc(N3CCOCC3)c2nc1Cl. The second kappa shape index (κ2) is 5.98. The number of halogens is 1. The minimum Gasteiger partial charge on any atom is -0.378 e. The molecule has 0 spiro atoms. The van der Waals surface area contributed by atoms with Crippen LogP contribution in [-0.4, -0.2) is 31.3 Å². The third-order valence-electron chi connectivity index (χ3n) is 3.72. The Bertz CT molecular complexity index is 609. The lowest BCUT2D eigenvalue weighted by Gasteiger charge is -2.29. The molecule has 2 heterocycles. The molecule has 0 bridgehead atoms. The van der Waals surface area contributed by atoms with Gasteiger partial charge in [0.1, 0.15) is 5.15 Å². The molecule has 1 aromatic carbocycles. The highest BCUT2D eigenvalue weighted by Crippen LogP contribution is 2.29. The predicted molar refractivity (Wildman–Crippen MR) is 83.8 cm³/mol. The van der Waals surface area contributed by atoms with E-state index in [9.17, 15) is 0 Å². The number of nitrogens with zero attached hydrogens (tertiary/aromatic N) is 2. The lowest BCUT2D eigenvalue weighted by atomic mass is 10.1. The molecule has 3 nitrogen and oxygen atoms in total. The van der Waals surface area contributed by atoms with Crippen LogP contribution in [0.15, 0.2) is 24.3 Å². The molecule has 1 aliphatic heterocycles. The van der Waals surface area contributed by atoms with Gasteiger partial charge in [-0.2, -0.15) is 0 Å². The van der Waals surface area contributed by atoms with Crippen molar-refractivity contribution in [2.75, 3.05) is 31.2 Å². The molecule has 0 N–H and O–H groups in total. The molecule has 0 radical (unpaired) electrons. The van der Waals surface area contributed by atoms with Gasteiger partial charge in [0, 0.05) is 18.5 Å². The smallest absolute Gasteiger partial charge is 0.133 e. The van der Waals surface area contributed by atoms with Gasteiger partial charge in [0.25, 0.3) is 0 Å². The minimum atomic E-state index is 0.639. The molecule has 4 heteroatoms. The number of rotatable bonds is 3. The quantitative estimate of drug-likeness (QED) is 0.807. The molecule has 2 aromatic rings. The maximum absolute atomic E-state index is 6.34. The van der Waals surface area contributed by atoms with Gasteiger partial charge in [-0.3, -0.25) is 0 Å². The van der Waals surface area contributed by atoms with Crippen LogP contribution in [0.5, 0.6) is 0 Å². The topological polar surface area (TPSA) is 25.4 Å². The van der Waals surface area contributed by atoms with Crippen LogP contribution in [0.3, 0.4) is 0 Å². The molecule has 0 aliphatic carbocycles. The zero-order chi connectivity index (χ0) is 13.9. The Hall–Kier alpha value is -1.32. The Morgan fingerprint density at radius 1 is 1.30 bits per heavy atom. The number of ether oxygens (including phenoxy) is 1. The fourth-order valence-electron chi connectivity index (χ4n) is 2.71. The molecule has 1 aliphatic rings. The summed E-state index contributed by atoms with van der Waals surface area (Å²) < 4.78 is 5.42. The largest absolute Gasteiger partial charge is 0.378 e. The standard InChI is InChI=1S/C16H19ClN2O/c1-2-4-13-11-12-5-3-6-14(15(12)18-16(13)17)19-7-9-20-10-8-19/h3,5-6,11H,2,4,7-10H2,1H3. The molecule has 0 saturated carbocycles. The van der Waals surface area contributed by atoms with Gasteiger partial charge in [-0.1, -0.05) is 37.1 Å². The zero-order valence-corrected chi connectivity index (χ0v) is 12.5. The number of hydrogen-bond acceptors (Lipinski definition) is 3. The van der Waals surface area contributed by atoms with Crippen molar-refractivity contribution in [3.8, 4) is 0 Å². The molecule has 0 amide bonds. The number of aromatic nitrogens is 1. The predicted octanol–water partition coefficient (Wildman–Crippen LogP) is 3.68. The Labute approximate surface area is 124 Å². The Kier molecular flexibility index (Phi) is 4.08. The second-order valence-electron chi connectivity index (χ2n) is 5.14. The van der Waals surface area contributed by atoms with Crippen molar-refractivity contribution in [2.24, 2.45) is 0 Å². The van der Waals surface area contributed by atoms with E-state index in [0.717, 1.165) is 55.9 Å². The van der Waals surface area contributed by atoms with Gasteiger partial charge < -0.3 is 9.64 Å². The van der Waals surface area contributed by atoms with Crippen molar-refractivity contribution in [1.82, 2.24) is 4.98 Å². The summed E-state index contributed by atoms with van der Waals surface area (Å²) in [4.78, 5) is 6.98. The average molecular weight is 291 g/mol. The number of aryl methyl sites for hydroxylation is 1. The molecule has 0 unspecified atom stereocenters. The number of para-hydroxylation sites is 1. The fourth-order valence-corrected chi connectivity index (χ4v) is 2.94. The summed E-state index contributed by atoms with van der Waals surface area (Å²) in [6, 6.07) is 8.51. The third-order valence-corrected chi connectivity index (χ3v) is 4.05. The van der Waals surface area contributed by atoms with Crippen molar-refractivity contribution in [1.29, 1.82) is 0 Å². The zero-order valence-electron chi connectivity index (χ0n) is 11.7. The summed E-state index contributed by atoms with van der Waals surface area (Å²) in [5.74, 6) is 0. The van der Waals surface area contributed by atoms with Gasteiger partial charge in [-0.15, -0.1) is 0 Å². The van der Waals surface area contributed by atoms with Gasteiger partial charge in [0.2, 0.25) is 0 Å². The summed E-state index contributed by atoms with van der Waals surface area (Å²) in [6.45, 7) is 5.53. The van der Waals surface area contributed by atoms with Crippen LogP contribution in [-0.2, 0) is 11.2 Å². The van der Waals surface area contributed by atoms with Crippen LogP contribution in [0.1, 0.15) is 18.9 Å². The van der Waals surface area contributed by atoms with Gasteiger partial charge in [0.05, 0.1) is 24.4 Å². The summed E-state index contributed by atoms with van der Waals surface area (Å²) in [5, 5.41) is 1.81.